The normalized spacial score (nSPS) is 20.0. The monoisotopic (exact) mass is 464 g/mol. The zero-order chi connectivity index (χ0) is 22.8. The Balaban J connectivity index is 2.12. The Morgan fingerprint density at radius 2 is 1.94 bits per heavy atom. The SMILES string of the molecule is CCS(=O)(=O)c1ccc(C(=O)C2C(=O)CCCC2=O)c(Cl)c1C1=NOC(CC#N)CC1. The van der Waals surface area contributed by atoms with E-state index < -0.39 is 39.2 Å². The highest BCUT2D eigenvalue weighted by molar-refractivity contribution is 7.91. The first-order chi connectivity index (χ1) is 14.7. The van der Waals surface area contributed by atoms with Gasteiger partial charge in [0.1, 0.15) is 12.0 Å². The van der Waals surface area contributed by atoms with Gasteiger partial charge in [0.25, 0.3) is 0 Å². The van der Waals surface area contributed by atoms with E-state index in [1.807, 2.05) is 6.07 Å². The van der Waals surface area contributed by atoms with Crippen molar-refractivity contribution in [3.05, 3.63) is 28.3 Å². The fourth-order valence-electron chi connectivity index (χ4n) is 3.73. The van der Waals surface area contributed by atoms with Gasteiger partial charge in [-0.05, 0) is 31.4 Å². The molecule has 10 heteroatoms. The van der Waals surface area contributed by atoms with Crippen molar-refractivity contribution in [2.75, 3.05) is 5.75 Å². The van der Waals surface area contributed by atoms with E-state index in [2.05, 4.69) is 5.16 Å². The molecule has 1 heterocycles. The molecule has 0 radical (unpaired) electrons. The van der Waals surface area contributed by atoms with Gasteiger partial charge in [-0.25, -0.2) is 8.42 Å². The molecule has 2 aliphatic rings. The number of hydrogen-bond donors (Lipinski definition) is 0. The molecule has 0 N–H and O–H groups in total. The minimum atomic E-state index is -3.73. The summed E-state index contributed by atoms with van der Waals surface area (Å²) in [7, 11) is -3.73. The maximum absolute atomic E-state index is 13.1. The number of ketones is 3. The Morgan fingerprint density at radius 3 is 2.48 bits per heavy atom. The zero-order valence-corrected chi connectivity index (χ0v) is 18.5. The second-order valence-electron chi connectivity index (χ2n) is 7.45. The molecule has 1 aliphatic carbocycles. The number of Topliss-reactive ketones (excluding diaryl/α,β-unsaturated/α-hetero) is 3. The zero-order valence-electron chi connectivity index (χ0n) is 16.9. The first kappa shape index (κ1) is 23.1. The first-order valence-corrected chi connectivity index (χ1v) is 12.0. The van der Waals surface area contributed by atoms with Crippen LogP contribution in [0.4, 0.5) is 0 Å². The van der Waals surface area contributed by atoms with Gasteiger partial charge >= 0.3 is 0 Å². The highest BCUT2D eigenvalue weighted by Crippen LogP contribution is 2.34. The predicted molar refractivity (Wildman–Crippen MR) is 112 cm³/mol. The van der Waals surface area contributed by atoms with Gasteiger partial charge in [-0.3, -0.25) is 14.4 Å². The van der Waals surface area contributed by atoms with Crippen LogP contribution in [0.1, 0.15) is 61.4 Å². The Bertz CT molecular complexity index is 1100. The van der Waals surface area contributed by atoms with Crippen LogP contribution in [-0.2, 0) is 24.3 Å². The number of oxime groups is 1. The highest BCUT2D eigenvalue weighted by atomic mass is 35.5. The van der Waals surface area contributed by atoms with Crippen molar-refractivity contribution in [1.29, 1.82) is 5.26 Å². The molecule has 1 atom stereocenters. The molecular weight excluding hydrogens is 444 g/mol. The maximum Gasteiger partial charge on any atom is 0.182 e. The van der Waals surface area contributed by atoms with E-state index in [1.54, 1.807) is 0 Å². The highest BCUT2D eigenvalue weighted by Gasteiger charge is 2.38. The van der Waals surface area contributed by atoms with Crippen LogP contribution in [0.2, 0.25) is 5.02 Å². The second-order valence-corrected chi connectivity index (χ2v) is 10.1. The van der Waals surface area contributed by atoms with E-state index in [4.69, 9.17) is 21.7 Å². The third-order valence-electron chi connectivity index (χ3n) is 5.46. The summed E-state index contributed by atoms with van der Waals surface area (Å²) in [6.45, 7) is 1.48. The standard InChI is InChI=1S/C21H21ClN2O6S/c1-2-31(28,29)17-9-7-13(21(27)19-15(25)4-3-5-16(19)26)20(22)18(17)14-8-6-12(10-11-23)30-24-14/h7,9,12,19H,2-6,8,10H2,1H3. The quantitative estimate of drug-likeness (QED) is 0.467. The van der Waals surface area contributed by atoms with Crippen molar-refractivity contribution in [1.82, 2.24) is 0 Å². The molecule has 1 fully saturated rings. The van der Waals surface area contributed by atoms with Crippen molar-refractivity contribution in [3.8, 4) is 6.07 Å². The van der Waals surface area contributed by atoms with Gasteiger partial charge in [0, 0.05) is 24.0 Å². The van der Waals surface area contributed by atoms with Crippen LogP contribution in [0.15, 0.2) is 22.2 Å². The van der Waals surface area contributed by atoms with Gasteiger partial charge < -0.3 is 4.84 Å². The molecule has 31 heavy (non-hydrogen) atoms. The minimum Gasteiger partial charge on any atom is -0.391 e. The van der Waals surface area contributed by atoms with Crippen molar-refractivity contribution in [2.45, 2.75) is 56.4 Å². The number of carbonyl (C=O) groups excluding carboxylic acids is 3. The summed E-state index contributed by atoms with van der Waals surface area (Å²) < 4.78 is 25.4. The number of nitrogens with zero attached hydrogens (tertiary/aromatic N) is 2. The maximum atomic E-state index is 13.1. The molecule has 0 aromatic heterocycles. The molecule has 1 aromatic rings. The summed E-state index contributed by atoms with van der Waals surface area (Å²) in [4.78, 5) is 42.7. The van der Waals surface area contributed by atoms with Crippen LogP contribution in [0, 0.1) is 17.2 Å². The van der Waals surface area contributed by atoms with Crippen molar-refractivity contribution < 1.29 is 27.6 Å². The molecule has 1 aliphatic heterocycles. The summed E-state index contributed by atoms with van der Waals surface area (Å²) in [5.74, 6) is -3.27. The van der Waals surface area contributed by atoms with Crippen LogP contribution in [0.3, 0.4) is 0 Å². The van der Waals surface area contributed by atoms with E-state index in [1.165, 1.54) is 19.1 Å². The molecule has 1 saturated carbocycles. The Kier molecular flexibility index (Phi) is 6.92. The first-order valence-electron chi connectivity index (χ1n) is 9.96. The lowest BCUT2D eigenvalue weighted by atomic mass is 9.81. The molecule has 8 nitrogen and oxygen atoms in total. The number of hydrogen-bond acceptors (Lipinski definition) is 8. The molecule has 0 saturated heterocycles. The van der Waals surface area contributed by atoms with Gasteiger partial charge in [-0.1, -0.05) is 23.7 Å². The van der Waals surface area contributed by atoms with E-state index in [0.717, 1.165) is 0 Å². The number of rotatable bonds is 6. The number of halogens is 1. The molecule has 164 valence electrons. The second kappa shape index (κ2) is 9.28. The van der Waals surface area contributed by atoms with Gasteiger partial charge in [0.2, 0.25) is 0 Å². The van der Waals surface area contributed by atoms with E-state index >= 15 is 0 Å². The van der Waals surface area contributed by atoms with Crippen LogP contribution in [0.5, 0.6) is 0 Å². The largest absolute Gasteiger partial charge is 0.391 e. The van der Waals surface area contributed by atoms with Crippen molar-refractivity contribution >= 4 is 44.5 Å². The molecule has 1 unspecified atom stereocenters. The number of sulfone groups is 1. The van der Waals surface area contributed by atoms with E-state index in [-0.39, 0.29) is 58.2 Å². The van der Waals surface area contributed by atoms with Crippen molar-refractivity contribution in [2.24, 2.45) is 11.1 Å². The summed E-state index contributed by atoms with van der Waals surface area (Å²) in [5.41, 5.74) is 0.185. The van der Waals surface area contributed by atoms with Gasteiger partial charge in [-0.2, -0.15) is 5.26 Å². The summed E-state index contributed by atoms with van der Waals surface area (Å²) in [5, 5.41) is 12.6. The summed E-state index contributed by atoms with van der Waals surface area (Å²) in [6, 6.07) is 4.50. The molecular formula is C21H21ClN2O6S. The van der Waals surface area contributed by atoms with Crippen LogP contribution >= 0.6 is 11.6 Å². The molecule has 0 spiro atoms. The van der Waals surface area contributed by atoms with Crippen LogP contribution in [-0.4, -0.2) is 43.3 Å². The molecule has 0 bridgehead atoms. The number of carbonyl (C=O) groups is 3. The average Bonchev–Trinajstić information content (AvgIpc) is 2.74. The van der Waals surface area contributed by atoms with Gasteiger partial charge in [-0.15, -0.1) is 0 Å². The molecule has 3 rings (SSSR count). The number of nitriles is 1. The van der Waals surface area contributed by atoms with Gasteiger partial charge in [0.15, 0.2) is 27.2 Å². The van der Waals surface area contributed by atoms with Crippen LogP contribution in [0.25, 0.3) is 0 Å². The van der Waals surface area contributed by atoms with E-state index in [9.17, 15) is 22.8 Å². The Hall–Kier alpha value is -2.57. The lowest BCUT2D eigenvalue weighted by Gasteiger charge is -2.23. The van der Waals surface area contributed by atoms with Crippen LogP contribution < -0.4 is 0 Å². The molecule has 0 amide bonds. The predicted octanol–water partition coefficient (Wildman–Crippen LogP) is 3.05. The average molecular weight is 465 g/mol. The van der Waals surface area contributed by atoms with E-state index in [0.29, 0.717) is 12.8 Å². The smallest absolute Gasteiger partial charge is 0.182 e. The van der Waals surface area contributed by atoms with Crippen molar-refractivity contribution in [3.63, 3.8) is 0 Å². The Morgan fingerprint density at radius 1 is 1.26 bits per heavy atom. The fourth-order valence-corrected chi connectivity index (χ4v) is 5.27. The fraction of sp³-hybridized carbons (Fsp3) is 0.476. The third kappa shape index (κ3) is 4.55. The Labute approximate surface area is 185 Å². The third-order valence-corrected chi connectivity index (χ3v) is 7.62. The van der Waals surface area contributed by atoms with Gasteiger partial charge in [0.05, 0.1) is 33.9 Å². The number of benzene rings is 1. The summed E-state index contributed by atoms with van der Waals surface area (Å²) >= 11 is 6.52. The lowest BCUT2D eigenvalue weighted by molar-refractivity contribution is -0.133. The molecule has 1 aromatic carbocycles. The lowest BCUT2D eigenvalue weighted by Crippen LogP contribution is -2.35. The minimum absolute atomic E-state index is 0.0421. The topological polar surface area (TPSA) is 131 Å². The summed E-state index contributed by atoms with van der Waals surface area (Å²) in [6.07, 6.45) is 1.11.